The van der Waals surface area contributed by atoms with Crippen LogP contribution in [-0.4, -0.2) is 37.0 Å². The zero-order valence-corrected chi connectivity index (χ0v) is 15.3. The van der Waals surface area contributed by atoms with Crippen molar-refractivity contribution in [2.24, 2.45) is 10.3 Å². The maximum Gasteiger partial charge on any atom is 0.159 e. The molecule has 25 heavy (non-hydrogen) atoms. The van der Waals surface area contributed by atoms with E-state index in [0.717, 1.165) is 37.6 Å². The Hall–Kier alpha value is -2.11. The van der Waals surface area contributed by atoms with Crippen molar-refractivity contribution in [1.29, 1.82) is 0 Å². The van der Waals surface area contributed by atoms with Gasteiger partial charge in [-0.3, -0.25) is 9.80 Å². The average molecular weight is 377 g/mol. The molecular formula is C18H18Cl2N4O. The number of halogens is 2. The van der Waals surface area contributed by atoms with E-state index in [-0.39, 0.29) is 5.78 Å². The van der Waals surface area contributed by atoms with Gasteiger partial charge < -0.3 is 4.90 Å². The molecule has 1 fully saturated rings. The van der Waals surface area contributed by atoms with Crippen LogP contribution in [0.1, 0.15) is 17.3 Å². The fourth-order valence-corrected chi connectivity index (χ4v) is 2.90. The number of carbonyl (C=O) groups excluding carboxylic acids is 1. The largest absolute Gasteiger partial charge is 0.368 e. The van der Waals surface area contributed by atoms with Gasteiger partial charge in [0.15, 0.2) is 5.78 Å². The quantitative estimate of drug-likeness (QED) is 0.556. The van der Waals surface area contributed by atoms with Crippen molar-refractivity contribution in [1.82, 2.24) is 5.01 Å². The Labute approximate surface area is 156 Å². The van der Waals surface area contributed by atoms with Gasteiger partial charge in [0.1, 0.15) is 0 Å². The minimum Gasteiger partial charge on any atom is -0.368 e. The highest BCUT2D eigenvalue weighted by Crippen LogP contribution is 2.27. The molecule has 0 bridgehead atoms. The lowest BCUT2D eigenvalue weighted by molar-refractivity contribution is 0.101. The van der Waals surface area contributed by atoms with E-state index in [1.165, 1.54) is 0 Å². The Morgan fingerprint density at radius 3 is 2.24 bits per heavy atom. The number of carbonyl (C=O) groups is 1. The summed E-state index contributed by atoms with van der Waals surface area (Å²) in [4.78, 5) is 13.5. The van der Waals surface area contributed by atoms with Crippen LogP contribution in [-0.2, 0) is 0 Å². The number of benzene rings is 2. The fourth-order valence-electron chi connectivity index (χ4n) is 2.60. The van der Waals surface area contributed by atoms with Crippen molar-refractivity contribution < 1.29 is 4.79 Å². The molecule has 0 aliphatic carbocycles. The predicted octanol–water partition coefficient (Wildman–Crippen LogP) is 5.02. The van der Waals surface area contributed by atoms with E-state index in [1.54, 1.807) is 31.2 Å². The van der Waals surface area contributed by atoms with Gasteiger partial charge in [-0.2, -0.15) is 0 Å². The average Bonchev–Trinajstić information content (AvgIpc) is 2.63. The van der Waals surface area contributed by atoms with Gasteiger partial charge in [0.05, 0.1) is 28.8 Å². The number of piperazine rings is 1. The number of ketones is 1. The van der Waals surface area contributed by atoms with Crippen LogP contribution >= 0.6 is 23.2 Å². The van der Waals surface area contributed by atoms with Gasteiger partial charge in [0, 0.05) is 24.3 Å². The molecule has 5 nitrogen and oxygen atoms in total. The van der Waals surface area contributed by atoms with Crippen molar-refractivity contribution in [3.05, 3.63) is 58.1 Å². The molecule has 1 saturated heterocycles. The summed E-state index contributed by atoms with van der Waals surface area (Å²) in [5.74, 6) is 0.0434. The number of hydrogen-bond acceptors (Lipinski definition) is 4. The number of hydrogen-bond donors (Lipinski definition) is 0. The molecule has 0 atom stereocenters. The first-order valence-electron chi connectivity index (χ1n) is 8.00. The maximum atomic E-state index is 11.3. The van der Waals surface area contributed by atoms with E-state index in [0.29, 0.717) is 15.6 Å². The normalized spacial score (nSPS) is 15.0. The number of rotatable bonds is 4. The molecule has 2 aromatic rings. The minimum absolute atomic E-state index is 0.0434. The lowest BCUT2D eigenvalue weighted by Gasteiger charge is -2.34. The number of Topliss-reactive ketones (excluding diaryl/α,β-unsaturated/α-hetero) is 1. The molecule has 0 spiro atoms. The SMILES string of the molecule is CC(=O)c1ccc(N=NN2CCN(c3ccc(Cl)c(Cl)c3)CC2)cc1. The minimum atomic E-state index is 0.0434. The number of nitrogens with zero attached hydrogens (tertiary/aromatic N) is 4. The molecular weight excluding hydrogens is 359 g/mol. The summed E-state index contributed by atoms with van der Waals surface area (Å²) < 4.78 is 0. The van der Waals surface area contributed by atoms with Crippen LogP contribution in [0.25, 0.3) is 0 Å². The number of anilines is 1. The lowest BCUT2D eigenvalue weighted by Crippen LogP contribution is -2.43. The Morgan fingerprint density at radius 2 is 1.64 bits per heavy atom. The zero-order chi connectivity index (χ0) is 17.8. The highest BCUT2D eigenvalue weighted by molar-refractivity contribution is 6.42. The van der Waals surface area contributed by atoms with Crippen molar-refractivity contribution in [2.45, 2.75) is 6.92 Å². The van der Waals surface area contributed by atoms with Crippen LogP contribution in [0.2, 0.25) is 10.0 Å². The van der Waals surface area contributed by atoms with E-state index >= 15 is 0 Å². The second kappa shape index (κ2) is 7.85. The Bertz CT molecular complexity index is 784. The van der Waals surface area contributed by atoms with Gasteiger partial charge in [-0.25, -0.2) is 0 Å². The summed E-state index contributed by atoms with van der Waals surface area (Å²) in [5.41, 5.74) is 2.47. The summed E-state index contributed by atoms with van der Waals surface area (Å²) in [6.07, 6.45) is 0. The van der Waals surface area contributed by atoms with E-state index in [2.05, 4.69) is 15.2 Å². The second-order valence-corrected chi connectivity index (χ2v) is 6.65. The highest BCUT2D eigenvalue weighted by Gasteiger charge is 2.16. The molecule has 0 unspecified atom stereocenters. The van der Waals surface area contributed by atoms with Gasteiger partial charge in [0.2, 0.25) is 0 Å². The molecule has 3 rings (SSSR count). The fraction of sp³-hybridized carbons (Fsp3) is 0.278. The summed E-state index contributed by atoms with van der Waals surface area (Å²) in [5, 5.41) is 11.6. The molecule has 1 aliphatic heterocycles. The summed E-state index contributed by atoms with van der Waals surface area (Å²) in [6, 6.07) is 12.8. The van der Waals surface area contributed by atoms with Crippen LogP contribution in [0.5, 0.6) is 0 Å². The Morgan fingerprint density at radius 1 is 0.960 bits per heavy atom. The zero-order valence-electron chi connectivity index (χ0n) is 13.8. The predicted molar refractivity (Wildman–Crippen MR) is 101 cm³/mol. The van der Waals surface area contributed by atoms with E-state index in [4.69, 9.17) is 23.2 Å². The molecule has 0 radical (unpaired) electrons. The first-order chi connectivity index (χ1) is 12.0. The highest BCUT2D eigenvalue weighted by atomic mass is 35.5. The lowest BCUT2D eigenvalue weighted by atomic mass is 10.1. The molecule has 0 aromatic heterocycles. The molecule has 0 N–H and O–H groups in total. The van der Waals surface area contributed by atoms with Crippen molar-refractivity contribution >= 4 is 40.4 Å². The standard InChI is InChI=1S/C18H18Cl2N4O/c1-13(25)14-2-4-15(5-3-14)21-22-24-10-8-23(9-11-24)16-6-7-17(19)18(20)12-16/h2-7,12H,8-11H2,1H3. The summed E-state index contributed by atoms with van der Waals surface area (Å²) in [7, 11) is 0. The summed E-state index contributed by atoms with van der Waals surface area (Å²) in [6.45, 7) is 4.76. The molecule has 0 saturated carbocycles. The van der Waals surface area contributed by atoms with Crippen LogP contribution in [0.15, 0.2) is 52.8 Å². The monoisotopic (exact) mass is 376 g/mol. The van der Waals surface area contributed by atoms with Crippen molar-refractivity contribution in [2.75, 3.05) is 31.1 Å². The van der Waals surface area contributed by atoms with E-state index < -0.39 is 0 Å². The first kappa shape index (κ1) is 17.7. The molecule has 1 heterocycles. The van der Waals surface area contributed by atoms with Gasteiger partial charge >= 0.3 is 0 Å². The molecule has 7 heteroatoms. The third kappa shape index (κ3) is 4.50. The topological polar surface area (TPSA) is 48.3 Å². The van der Waals surface area contributed by atoms with Crippen LogP contribution in [0.3, 0.4) is 0 Å². The van der Waals surface area contributed by atoms with Crippen LogP contribution in [0.4, 0.5) is 11.4 Å². The van der Waals surface area contributed by atoms with Gasteiger partial charge in [-0.1, -0.05) is 28.4 Å². The van der Waals surface area contributed by atoms with Gasteiger partial charge in [-0.05, 0) is 49.4 Å². The Kier molecular flexibility index (Phi) is 5.56. The van der Waals surface area contributed by atoms with Gasteiger partial charge in [-0.15, -0.1) is 5.11 Å². The third-order valence-electron chi connectivity index (χ3n) is 4.08. The van der Waals surface area contributed by atoms with Crippen molar-refractivity contribution in [3.8, 4) is 0 Å². The van der Waals surface area contributed by atoms with Crippen LogP contribution in [0, 0.1) is 0 Å². The third-order valence-corrected chi connectivity index (χ3v) is 4.82. The van der Waals surface area contributed by atoms with E-state index in [9.17, 15) is 4.79 Å². The van der Waals surface area contributed by atoms with Crippen LogP contribution < -0.4 is 4.90 Å². The molecule has 0 amide bonds. The van der Waals surface area contributed by atoms with Crippen molar-refractivity contribution in [3.63, 3.8) is 0 Å². The second-order valence-electron chi connectivity index (χ2n) is 5.83. The van der Waals surface area contributed by atoms with E-state index in [1.807, 2.05) is 23.2 Å². The summed E-state index contributed by atoms with van der Waals surface area (Å²) >= 11 is 12.1. The molecule has 2 aromatic carbocycles. The Balaban J connectivity index is 1.56. The first-order valence-corrected chi connectivity index (χ1v) is 8.76. The van der Waals surface area contributed by atoms with Gasteiger partial charge in [0.25, 0.3) is 0 Å². The maximum absolute atomic E-state index is 11.3. The molecule has 130 valence electrons. The smallest absolute Gasteiger partial charge is 0.159 e. The molecule has 1 aliphatic rings.